The molecule has 21 heavy (non-hydrogen) atoms. The Balaban J connectivity index is 1.67. The summed E-state index contributed by atoms with van der Waals surface area (Å²) >= 11 is 0. The third-order valence-electron chi connectivity index (χ3n) is 3.82. The molecule has 0 saturated carbocycles. The van der Waals surface area contributed by atoms with Gasteiger partial charge < -0.3 is 15.1 Å². The third-order valence-corrected chi connectivity index (χ3v) is 3.82. The first kappa shape index (κ1) is 14.1. The minimum absolute atomic E-state index is 0.00537. The van der Waals surface area contributed by atoms with E-state index in [-0.39, 0.29) is 11.9 Å². The van der Waals surface area contributed by atoms with Gasteiger partial charge in [0.2, 0.25) is 5.91 Å². The quantitative estimate of drug-likeness (QED) is 0.646. The minimum atomic E-state index is -0.00537. The van der Waals surface area contributed by atoms with Crippen LogP contribution >= 0.6 is 0 Å². The SMILES string of the molecule is CNC(=O)CNCC1CNNC1c1cc2ccccc2o1. The summed E-state index contributed by atoms with van der Waals surface area (Å²) in [5, 5.41) is 6.89. The molecule has 1 fully saturated rings. The van der Waals surface area contributed by atoms with E-state index in [2.05, 4.69) is 27.6 Å². The van der Waals surface area contributed by atoms with Crippen LogP contribution in [0.25, 0.3) is 11.0 Å². The Morgan fingerprint density at radius 1 is 1.43 bits per heavy atom. The average Bonchev–Trinajstić information content (AvgIpc) is 3.12. The van der Waals surface area contributed by atoms with Crippen LogP contribution < -0.4 is 21.5 Å². The van der Waals surface area contributed by atoms with Crippen LogP contribution in [0.4, 0.5) is 0 Å². The number of benzene rings is 1. The molecule has 1 aromatic carbocycles. The summed E-state index contributed by atoms with van der Waals surface area (Å²) in [4.78, 5) is 11.2. The number of rotatable bonds is 5. The van der Waals surface area contributed by atoms with Crippen LogP contribution in [-0.4, -0.2) is 32.6 Å². The number of nitrogens with one attached hydrogen (secondary N) is 4. The molecule has 0 bridgehead atoms. The van der Waals surface area contributed by atoms with E-state index in [1.54, 1.807) is 7.05 Å². The Morgan fingerprint density at radius 2 is 2.29 bits per heavy atom. The first-order chi connectivity index (χ1) is 10.3. The van der Waals surface area contributed by atoms with Gasteiger partial charge in [0.25, 0.3) is 0 Å². The van der Waals surface area contributed by atoms with Crippen LogP contribution in [0.3, 0.4) is 0 Å². The van der Waals surface area contributed by atoms with Gasteiger partial charge >= 0.3 is 0 Å². The molecule has 112 valence electrons. The third kappa shape index (κ3) is 3.07. The number of carbonyl (C=O) groups excluding carboxylic acids is 1. The number of hydrazine groups is 1. The lowest BCUT2D eigenvalue weighted by Gasteiger charge is -2.16. The molecule has 2 atom stereocenters. The lowest BCUT2D eigenvalue weighted by Crippen LogP contribution is -2.35. The van der Waals surface area contributed by atoms with Gasteiger partial charge in [-0.05, 0) is 12.1 Å². The molecule has 3 rings (SSSR count). The fourth-order valence-corrected chi connectivity index (χ4v) is 2.64. The van der Waals surface area contributed by atoms with Gasteiger partial charge in [0.15, 0.2) is 0 Å². The second-order valence-corrected chi connectivity index (χ2v) is 5.25. The molecule has 6 heteroatoms. The van der Waals surface area contributed by atoms with Gasteiger partial charge in [-0.1, -0.05) is 18.2 Å². The summed E-state index contributed by atoms with van der Waals surface area (Å²) in [5.41, 5.74) is 7.32. The van der Waals surface area contributed by atoms with E-state index >= 15 is 0 Å². The maximum atomic E-state index is 11.2. The maximum absolute atomic E-state index is 11.2. The molecule has 4 N–H and O–H groups in total. The summed E-state index contributed by atoms with van der Waals surface area (Å²) in [6.45, 7) is 1.91. The molecular formula is C15H20N4O2. The predicted octanol–water partition coefficient (Wildman–Crippen LogP) is 0.534. The second-order valence-electron chi connectivity index (χ2n) is 5.25. The lowest BCUT2D eigenvalue weighted by molar-refractivity contribution is -0.119. The van der Waals surface area contributed by atoms with Crippen molar-refractivity contribution in [2.24, 2.45) is 5.92 Å². The van der Waals surface area contributed by atoms with Crippen LogP contribution in [-0.2, 0) is 4.79 Å². The van der Waals surface area contributed by atoms with Gasteiger partial charge in [-0.15, -0.1) is 0 Å². The van der Waals surface area contributed by atoms with Gasteiger partial charge in [0.1, 0.15) is 11.3 Å². The minimum Gasteiger partial charge on any atom is -0.459 e. The van der Waals surface area contributed by atoms with Crippen LogP contribution in [0.2, 0.25) is 0 Å². The fourth-order valence-electron chi connectivity index (χ4n) is 2.64. The standard InChI is InChI=1S/C15H20N4O2/c1-16-14(20)9-17-7-11-8-18-19-15(11)13-6-10-4-2-3-5-12(10)21-13/h2-6,11,15,17-19H,7-9H2,1H3,(H,16,20). The predicted molar refractivity (Wildman–Crippen MR) is 80.5 cm³/mol. The monoisotopic (exact) mass is 288 g/mol. The van der Waals surface area contributed by atoms with Crippen molar-refractivity contribution in [2.75, 3.05) is 26.7 Å². The Labute approximate surface area is 123 Å². The Morgan fingerprint density at radius 3 is 3.10 bits per heavy atom. The van der Waals surface area contributed by atoms with E-state index in [0.29, 0.717) is 12.5 Å². The summed E-state index contributed by atoms with van der Waals surface area (Å²) in [7, 11) is 1.64. The van der Waals surface area contributed by atoms with E-state index in [0.717, 1.165) is 29.8 Å². The molecule has 1 aromatic heterocycles. The van der Waals surface area contributed by atoms with Crippen LogP contribution in [0.1, 0.15) is 11.8 Å². The highest BCUT2D eigenvalue weighted by Crippen LogP contribution is 2.29. The number of amides is 1. The summed E-state index contributed by atoms with van der Waals surface area (Å²) < 4.78 is 5.92. The zero-order valence-corrected chi connectivity index (χ0v) is 12.0. The highest BCUT2D eigenvalue weighted by Gasteiger charge is 2.30. The molecule has 2 heterocycles. The Hall–Kier alpha value is -1.89. The van der Waals surface area contributed by atoms with Crippen molar-refractivity contribution in [2.45, 2.75) is 6.04 Å². The van der Waals surface area contributed by atoms with E-state index in [4.69, 9.17) is 4.42 Å². The number of hydrogen-bond acceptors (Lipinski definition) is 5. The van der Waals surface area contributed by atoms with Crippen molar-refractivity contribution in [3.05, 3.63) is 36.1 Å². The second kappa shape index (κ2) is 6.26. The van der Waals surface area contributed by atoms with E-state index in [1.165, 1.54) is 0 Å². The van der Waals surface area contributed by atoms with Crippen LogP contribution in [0.15, 0.2) is 34.7 Å². The number of likely N-dealkylation sites (N-methyl/N-ethyl adjacent to an activating group) is 1. The maximum Gasteiger partial charge on any atom is 0.233 e. The van der Waals surface area contributed by atoms with Crippen molar-refractivity contribution >= 4 is 16.9 Å². The number of para-hydroxylation sites is 1. The molecular weight excluding hydrogens is 268 g/mol. The Kier molecular flexibility index (Phi) is 4.19. The molecule has 0 spiro atoms. The normalized spacial score (nSPS) is 21.8. The van der Waals surface area contributed by atoms with E-state index < -0.39 is 0 Å². The number of hydrogen-bond donors (Lipinski definition) is 4. The molecule has 0 aliphatic carbocycles. The van der Waals surface area contributed by atoms with Gasteiger partial charge in [0, 0.05) is 31.4 Å². The zero-order valence-electron chi connectivity index (χ0n) is 12.0. The smallest absolute Gasteiger partial charge is 0.233 e. The molecule has 1 aliphatic rings. The topological polar surface area (TPSA) is 78.3 Å². The van der Waals surface area contributed by atoms with Gasteiger partial charge in [0.05, 0.1) is 12.6 Å². The number of furan rings is 1. The van der Waals surface area contributed by atoms with E-state index in [9.17, 15) is 4.79 Å². The number of fused-ring (bicyclic) bond motifs is 1. The molecule has 0 radical (unpaired) electrons. The Bertz CT molecular complexity index is 592. The average molecular weight is 288 g/mol. The van der Waals surface area contributed by atoms with Crippen molar-refractivity contribution in [3.8, 4) is 0 Å². The lowest BCUT2D eigenvalue weighted by atomic mass is 9.99. The molecule has 1 aliphatic heterocycles. The summed E-state index contributed by atoms with van der Waals surface area (Å²) in [6.07, 6.45) is 0. The van der Waals surface area contributed by atoms with Crippen molar-refractivity contribution in [3.63, 3.8) is 0 Å². The first-order valence-electron chi connectivity index (χ1n) is 7.16. The van der Waals surface area contributed by atoms with Crippen LogP contribution in [0, 0.1) is 5.92 Å². The van der Waals surface area contributed by atoms with Crippen molar-refractivity contribution < 1.29 is 9.21 Å². The zero-order chi connectivity index (χ0) is 14.7. The van der Waals surface area contributed by atoms with Gasteiger partial charge in [-0.25, -0.2) is 5.43 Å². The van der Waals surface area contributed by atoms with Crippen LogP contribution in [0.5, 0.6) is 0 Å². The molecule has 2 aromatic rings. The molecule has 2 unspecified atom stereocenters. The highest BCUT2D eigenvalue weighted by molar-refractivity contribution is 5.78. The molecule has 1 amide bonds. The number of carbonyl (C=O) groups is 1. The summed E-state index contributed by atoms with van der Waals surface area (Å²) in [5.74, 6) is 1.25. The highest BCUT2D eigenvalue weighted by atomic mass is 16.3. The summed E-state index contributed by atoms with van der Waals surface area (Å²) in [6, 6.07) is 10.2. The largest absolute Gasteiger partial charge is 0.459 e. The first-order valence-corrected chi connectivity index (χ1v) is 7.16. The van der Waals surface area contributed by atoms with E-state index in [1.807, 2.05) is 24.3 Å². The van der Waals surface area contributed by atoms with Crippen molar-refractivity contribution in [1.82, 2.24) is 21.5 Å². The van der Waals surface area contributed by atoms with Gasteiger partial charge in [-0.3, -0.25) is 10.2 Å². The van der Waals surface area contributed by atoms with Crippen molar-refractivity contribution in [1.29, 1.82) is 0 Å². The van der Waals surface area contributed by atoms with Gasteiger partial charge in [-0.2, -0.15) is 0 Å². The molecule has 1 saturated heterocycles. The molecule has 6 nitrogen and oxygen atoms in total. The fraction of sp³-hybridized carbons (Fsp3) is 0.400.